The highest BCUT2D eigenvalue weighted by atomic mass is 16.5. The lowest BCUT2D eigenvalue weighted by molar-refractivity contribution is -0.140. The number of pyridine rings is 1. The van der Waals surface area contributed by atoms with Crippen molar-refractivity contribution in [2.45, 2.75) is 39.2 Å². The SMILES string of the molecule is C=C(C)COc1ccc([C@H](CC(=O)OC)c2c(O)cc(C)n(CCc3ccc(O)c(O)c3)c2=O)cc1. The molecule has 3 N–H and O–H groups in total. The van der Waals surface area contributed by atoms with Crippen molar-refractivity contribution in [2.75, 3.05) is 13.7 Å². The molecule has 0 aliphatic heterocycles. The molecule has 190 valence electrons. The van der Waals surface area contributed by atoms with Gasteiger partial charge in [0.15, 0.2) is 11.5 Å². The first-order valence-electron chi connectivity index (χ1n) is 11.5. The van der Waals surface area contributed by atoms with Crippen LogP contribution in [0.5, 0.6) is 23.0 Å². The molecule has 0 radical (unpaired) electrons. The van der Waals surface area contributed by atoms with Crippen molar-refractivity contribution in [3.63, 3.8) is 0 Å². The Balaban J connectivity index is 1.99. The molecule has 1 atom stereocenters. The highest BCUT2D eigenvalue weighted by Gasteiger charge is 2.26. The molecule has 0 fully saturated rings. The molecule has 0 amide bonds. The summed E-state index contributed by atoms with van der Waals surface area (Å²) < 4.78 is 12.0. The molecular weight excluding hydrogens is 462 g/mol. The lowest BCUT2D eigenvalue weighted by Gasteiger charge is -2.21. The maximum atomic E-state index is 13.6. The molecule has 0 spiro atoms. The van der Waals surface area contributed by atoms with Gasteiger partial charge < -0.3 is 29.4 Å². The number of methoxy groups -OCH3 is 1. The predicted octanol–water partition coefficient (Wildman–Crippen LogP) is 4.17. The summed E-state index contributed by atoms with van der Waals surface area (Å²) in [6.45, 7) is 8.01. The number of hydrogen-bond acceptors (Lipinski definition) is 7. The number of aromatic nitrogens is 1. The largest absolute Gasteiger partial charge is 0.507 e. The minimum atomic E-state index is -0.746. The average molecular weight is 494 g/mol. The Kier molecular flexibility index (Phi) is 8.42. The van der Waals surface area contributed by atoms with Crippen LogP contribution in [0.1, 0.15) is 41.6 Å². The van der Waals surface area contributed by atoms with Gasteiger partial charge in [0.2, 0.25) is 0 Å². The number of phenolic OH excluding ortho intramolecular Hbond substituents is 2. The van der Waals surface area contributed by atoms with E-state index in [1.165, 1.54) is 29.9 Å². The van der Waals surface area contributed by atoms with Gasteiger partial charge in [-0.1, -0.05) is 24.8 Å². The maximum absolute atomic E-state index is 13.6. The molecule has 3 rings (SSSR count). The number of benzene rings is 2. The summed E-state index contributed by atoms with van der Waals surface area (Å²) in [5.41, 5.74) is 2.46. The number of ether oxygens (including phenoxy) is 2. The normalized spacial score (nSPS) is 11.6. The van der Waals surface area contributed by atoms with Gasteiger partial charge in [-0.05, 0) is 67.3 Å². The summed E-state index contributed by atoms with van der Waals surface area (Å²) in [4.78, 5) is 25.9. The van der Waals surface area contributed by atoms with E-state index in [4.69, 9.17) is 9.47 Å². The second-order valence-electron chi connectivity index (χ2n) is 8.76. The number of carbonyl (C=O) groups excluding carboxylic acids is 1. The molecule has 0 unspecified atom stereocenters. The van der Waals surface area contributed by atoms with Crippen molar-refractivity contribution >= 4 is 5.97 Å². The molecule has 3 aromatic rings. The van der Waals surface area contributed by atoms with Crippen molar-refractivity contribution in [3.05, 3.63) is 93.4 Å². The van der Waals surface area contributed by atoms with Gasteiger partial charge in [0.25, 0.3) is 5.56 Å². The molecule has 0 saturated carbocycles. The number of aryl methyl sites for hydroxylation is 2. The van der Waals surface area contributed by atoms with Gasteiger partial charge in [0.1, 0.15) is 18.1 Å². The van der Waals surface area contributed by atoms with E-state index in [0.717, 1.165) is 11.1 Å². The molecule has 0 aliphatic rings. The summed E-state index contributed by atoms with van der Waals surface area (Å²) in [5.74, 6) is -1.32. The smallest absolute Gasteiger partial charge is 0.306 e. The van der Waals surface area contributed by atoms with Gasteiger partial charge in [-0.25, -0.2) is 0 Å². The van der Waals surface area contributed by atoms with E-state index in [1.54, 1.807) is 37.3 Å². The summed E-state index contributed by atoms with van der Waals surface area (Å²) in [5, 5.41) is 30.1. The first-order valence-corrected chi connectivity index (χ1v) is 11.5. The monoisotopic (exact) mass is 493 g/mol. The van der Waals surface area contributed by atoms with Gasteiger partial charge in [0.05, 0.1) is 19.1 Å². The second kappa shape index (κ2) is 11.5. The van der Waals surface area contributed by atoms with Crippen LogP contribution in [0.25, 0.3) is 0 Å². The lowest BCUT2D eigenvalue weighted by atomic mass is 9.88. The fourth-order valence-corrected chi connectivity index (χ4v) is 3.98. The third-order valence-electron chi connectivity index (χ3n) is 5.90. The number of esters is 1. The van der Waals surface area contributed by atoms with Crippen molar-refractivity contribution in [1.82, 2.24) is 4.57 Å². The van der Waals surface area contributed by atoms with Crippen LogP contribution in [0.2, 0.25) is 0 Å². The van der Waals surface area contributed by atoms with E-state index in [9.17, 15) is 24.9 Å². The molecule has 0 aliphatic carbocycles. The third kappa shape index (κ3) is 6.27. The van der Waals surface area contributed by atoms with E-state index in [0.29, 0.717) is 30.0 Å². The predicted molar refractivity (Wildman–Crippen MR) is 136 cm³/mol. The maximum Gasteiger partial charge on any atom is 0.306 e. The number of rotatable bonds is 10. The molecule has 2 aromatic carbocycles. The standard InChI is InChI=1S/C28H31NO7/c1-17(2)16-36-21-8-6-20(7-9-21)22(15-26(33)35-4)27-25(32)13-18(3)29(28(27)34)12-11-19-5-10-23(30)24(31)14-19/h5-10,13-14,22,30-32H,1,11-12,15-16H2,2-4H3/t22-/m0/s1. The van der Waals surface area contributed by atoms with Crippen molar-refractivity contribution < 1.29 is 29.6 Å². The summed E-state index contributed by atoms with van der Waals surface area (Å²) in [6.07, 6.45) is 0.259. The van der Waals surface area contributed by atoms with Crippen LogP contribution in [0, 0.1) is 6.92 Å². The Morgan fingerprint density at radius 2 is 1.72 bits per heavy atom. The molecule has 1 heterocycles. The van der Waals surface area contributed by atoms with Gasteiger partial charge in [0, 0.05) is 18.2 Å². The Morgan fingerprint density at radius 1 is 1.03 bits per heavy atom. The topological polar surface area (TPSA) is 118 Å². The fraction of sp³-hybridized carbons (Fsp3) is 0.286. The molecule has 0 bridgehead atoms. The van der Waals surface area contributed by atoms with Crippen molar-refractivity contribution in [1.29, 1.82) is 0 Å². The van der Waals surface area contributed by atoms with Crippen LogP contribution in [0.3, 0.4) is 0 Å². The van der Waals surface area contributed by atoms with Crippen LogP contribution >= 0.6 is 0 Å². The molecule has 0 saturated heterocycles. The number of aromatic hydroxyl groups is 3. The van der Waals surface area contributed by atoms with Crippen LogP contribution in [0.15, 0.2) is 65.5 Å². The minimum Gasteiger partial charge on any atom is -0.507 e. The van der Waals surface area contributed by atoms with Crippen LogP contribution in [0.4, 0.5) is 0 Å². The molecule has 8 nitrogen and oxygen atoms in total. The second-order valence-corrected chi connectivity index (χ2v) is 8.76. The highest BCUT2D eigenvalue weighted by molar-refractivity contribution is 5.71. The van der Waals surface area contributed by atoms with Gasteiger partial charge in [-0.15, -0.1) is 0 Å². The zero-order chi connectivity index (χ0) is 26.4. The Bertz CT molecular complexity index is 1310. The average Bonchev–Trinajstić information content (AvgIpc) is 2.84. The highest BCUT2D eigenvalue weighted by Crippen LogP contribution is 2.33. The lowest BCUT2D eigenvalue weighted by Crippen LogP contribution is -2.29. The first-order chi connectivity index (χ1) is 17.1. The van der Waals surface area contributed by atoms with E-state index < -0.39 is 17.4 Å². The summed E-state index contributed by atoms with van der Waals surface area (Å²) in [7, 11) is 1.27. The van der Waals surface area contributed by atoms with E-state index in [1.807, 2.05) is 6.92 Å². The molecular formula is C28H31NO7. The van der Waals surface area contributed by atoms with Crippen LogP contribution in [-0.4, -0.2) is 39.6 Å². The summed E-state index contributed by atoms with van der Waals surface area (Å²) >= 11 is 0. The zero-order valence-electron chi connectivity index (χ0n) is 20.7. The minimum absolute atomic E-state index is 0.0927. The Hall–Kier alpha value is -4.20. The fourth-order valence-electron chi connectivity index (χ4n) is 3.98. The quantitative estimate of drug-likeness (QED) is 0.220. The van der Waals surface area contributed by atoms with Crippen LogP contribution in [-0.2, 0) is 22.5 Å². The third-order valence-corrected chi connectivity index (χ3v) is 5.90. The summed E-state index contributed by atoms with van der Waals surface area (Å²) in [6, 6.07) is 13.0. The van der Waals surface area contributed by atoms with Crippen LogP contribution < -0.4 is 10.3 Å². The van der Waals surface area contributed by atoms with E-state index in [-0.39, 0.29) is 35.8 Å². The van der Waals surface area contributed by atoms with Gasteiger partial charge >= 0.3 is 5.97 Å². The molecule has 8 heteroatoms. The first kappa shape index (κ1) is 26.4. The Labute approximate surface area is 209 Å². The number of carbonyl (C=O) groups is 1. The van der Waals surface area contributed by atoms with Gasteiger partial charge in [-0.2, -0.15) is 0 Å². The van der Waals surface area contributed by atoms with Gasteiger partial charge in [-0.3, -0.25) is 9.59 Å². The van der Waals surface area contributed by atoms with Crippen molar-refractivity contribution in [2.24, 2.45) is 0 Å². The molecule has 36 heavy (non-hydrogen) atoms. The number of nitrogens with zero attached hydrogens (tertiary/aromatic N) is 1. The number of phenols is 2. The number of hydrogen-bond donors (Lipinski definition) is 3. The molecule has 1 aromatic heterocycles. The Morgan fingerprint density at radius 3 is 2.33 bits per heavy atom. The van der Waals surface area contributed by atoms with E-state index >= 15 is 0 Å². The van der Waals surface area contributed by atoms with Crippen molar-refractivity contribution in [3.8, 4) is 23.0 Å². The van der Waals surface area contributed by atoms with E-state index in [2.05, 4.69) is 6.58 Å². The zero-order valence-corrected chi connectivity index (χ0v) is 20.7.